The first-order valence-corrected chi connectivity index (χ1v) is 8.61. The fourth-order valence-corrected chi connectivity index (χ4v) is 3.24. The Balaban J connectivity index is 1.83. The normalized spacial score (nSPS) is 12.5. The number of hydrogen-bond donors (Lipinski definition) is 1. The maximum Gasteiger partial charge on any atom is 0.119 e. The first-order chi connectivity index (χ1) is 11.2. The van der Waals surface area contributed by atoms with Crippen LogP contribution in [0, 0.1) is 6.92 Å². The molecule has 126 valence electrons. The predicted molar refractivity (Wildman–Crippen MR) is 94.2 cm³/mol. The summed E-state index contributed by atoms with van der Waals surface area (Å²) in [5, 5.41) is 10.3. The summed E-state index contributed by atoms with van der Waals surface area (Å²) in [4.78, 5) is 4.81. The molecule has 1 aromatic carbocycles. The van der Waals surface area contributed by atoms with E-state index in [0.29, 0.717) is 13.2 Å². The van der Waals surface area contributed by atoms with E-state index in [0.717, 1.165) is 18.8 Å². The van der Waals surface area contributed by atoms with Gasteiger partial charge in [0.2, 0.25) is 0 Å². The molecule has 5 heteroatoms. The molecule has 1 heterocycles. The van der Waals surface area contributed by atoms with E-state index >= 15 is 0 Å². The summed E-state index contributed by atoms with van der Waals surface area (Å²) in [7, 11) is 1.70. The fraction of sp³-hybridized carbons (Fsp3) is 0.444. The summed E-state index contributed by atoms with van der Waals surface area (Å²) in [6.45, 7) is 5.22. The third-order valence-electron chi connectivity index (χ3n) is 3.44. The van der Waals surface area contributed by atoms with Gasteiger partial charge in [-0.05, 0) is 31.2 Å². The molecule has 1 atom stereocenters. The van der Waals surface area contributed by atoms with Gasteiger partial charge in [0.15, 0.2) is 0 Å². The van der Waals surface area contributed by atoms with E-state index in [-0.39, 0.29) is 6.61 Å². The van der Waals surface area contributed by atoms with Crippen LogP contribution in [0.4, 0.5) is 0 Å². The highest BCUT2D eigenvalue weighted by Gasteiger charge is 2.14. The van der Waals surface area contributed by atoms with Gasteiger partial charge < -0.3 is 14.6 Å². The van der Waals surface area contributed by atoms with Crippen molar-refractivity contribution in [2.75, 3.05) is 33.4 Å². The maximum absolute atomic E-state index is 10.3. The maximum atomic E-state index is 10.3. The minimum absolute atomic E-state index is 0.289. The van der Waals surface area contributed by atoms with Crippen LogP contribution in [0.1, 0.15) is 9.75 Å². The van der Waals surface area contributed by atoms with Gasteiger partial charge in [-0.25, -0.2) is 0 Å². The fourth-order valence-electron chi connectivity index (χ4n) is 2.31. The number of para-hydroxylation sites is 1. The van der Waals surface area contributed by atoms with E-state index in [1.165, 1.54) is 9.75 Å². The summed E-state index contributed by atoms with van der Waals surface area (Å²) < 4.78 is 10.8. The molecule has 0 saturated heterocycles. The predicted octanol–water partition coefficient (Wildman–Crippen LogP) is 2.94. The van der Waals surface area contributed by atoms with Crippen LogP contribution in [0.5, 0.6) is 5.75 Å². The van der Waals surface area contributed by atoms with Crippen molar-refractivity contribution in [2.45, 2.75) is 19.6 Å². The summed E-state index contributed by atoms with van der Waals surface area (Å²) in [5.41, 5.74) is 0. The monoisotopic (exact) mass is 335 g/mol. The van der Waals surface area contributed by atoms with Crippen molar-refractivity contribution in [3.63, 3.8) is 0 Å². The van der Waals surface area contributed by atoms with Crippen molar-refractivity contribution in [1.82, 2.24) is 4.90 Å². The molecule has 0 radical (unpaired) electrons. The number of nitrogens with zero attached hydrogens (tertiary/aromatic N) is 1. The molecule has 4 nitrogen and oxygen atoms in total. The first kappa shape index (κ1) is 17.9. The van der Waals surface area contributed by atoms with Crippen molar-refractivity contribution < 1.29 is 14.6 Å². The van der Waals surface area contributed by atoms with Gasteiger partial charge in [0, 0.05) is 36.5 Å². The number of methoxy groups -OCH3 is 1. The quantitative estimate of drug-likeness (QED) is 0.725. The van der Waals surface area contributed by atoms with E-state index in [2.05, 4.69) is 24.0 Å². The molecule has 0 spiro atoms. The second-order valence-electron chi connectivity index (χ2n) is 5.52. The highest BCUT2D eigenvalue weighted by Crippen LogP contribution is 2.17. The Morgan fingerprint density at radius 1 is 1.17 bits per heavy atom. The Hall–Kier alpha value is -1.40. The number of aliphatic hydroxyl groups is 1. The molecule has 0 amide bonds. The highest BCUT2D eigenvalue weighted by molar-refractivity contribution is 7.11. The molecule has 23 heavy (non-hydrogen) atoms. The topological polar surface area (TPSA) is 41.9 Å². The van der Waals surface area contributed by atoms with Crippen LogP contribution in [0.2, 0.25) is 0 Å². The standard InChI is InChI=1S/C18H25NO3S/c1-15-8-9-18(23-15)13-19(10-11-21-2)12-16(20)14-22-17-6-4-3-5-7-17/h3-9,16,20H,10-14H2,1-2H3. The SMILES string of the molecule is COCCN(Cc1ccc(C)s1)CC(O)COc1ccccc1. The minimum Gasteiger partial charge on any atom is -0.491 e. The molecule has 0 saturated carbocycles. The molecule has 0 aliphatic heterocycles. The van der Waals surface area contributed by atoms with Crippen LogP contribution in [-0.4, -0.2) is 49.5 Å². The number of hydrogen-bond acceptors (Lipinski definition) is 5. The lowest BCUT2D eigenvalue weighted by Crippen LogP contribution is -2.37. The lowest BCUT2D eigenvalue weighted by Gasteiger charge is -2.24. The Bertz CT molecular complexity index is 558. The molecule has 2 aromatic rings. The zero-order valence-electron chi connectivity index (χ0n) is 13.8. The Kier molecular flexibility index (Phi) is 7.55. The molecule has 0 aliphatic rings. The van der Waals surface area contributed by atoms with Crippen LogP contribution < -0.4 is 4.74 Å². The Labute approximate surface area is 142 Å². The van der Waals surface area contributed by atoms with Crippen molar-refractivity contribution >= 4 is 11.3 Å². The van der Waals surface area contributed by atoms with E-state index < -0.39 is 6.10 Å². The number of benzene rings is 1. The molecule has 2 rings (SSSR count). The molecule has 1 unspecified atom stereocenters. The Morgan fingerprint density at radius 2 is 1.96 bits per heavy atom. The van der Waals surface area contributed by atoms with Crippen LogP contribution >= 0.6 is 11.3 Å². The average Bonchev–Trinajstić information content (AvgIpc) is 2.96. The van der Waals surface area contributed by atoms with Crippen LogP contribution in [0.25, 0.3) is 0 Å². The summed E-state index contributed by atoms with van der Waals surface area (Å²) in [6, 6.07) is 13.8. The summed E-state index contributed by atoms with van der Waals surface area (Å²) in [5.74, 6) is 0.781. The zero-order chi connectivity index (χ0) is 16.5. The van der Waals surface area contributed by atoms with E-state index in [4.69, 9.17) is 9.47 Å². The van der Waals surface area contributed by atoms with Crippen LogP contribution in [0.15, 0.2) is 42.5 Å². The van der Waals surface area contributed by atoms with Crippen molar-refractivity contribution in [3.8, 4) is 5.75 Å². The highest BCUT2D eigenvalue weighted by atomic mass is 32.1. The van der Waals surface area contributed by atoms with Gasteiger partial charge in [0.05, 0.1) is 6.61 Å². The van der Waals surface area contributed by atoms with Gasteiger partial charge in [0.25, 0.3) is 0 Å². The smallest absolute Gasteiger partial charge is 0.119 e. The Morgan fingerprint density at radius 3 is 2.61 bits per heavy atom. The second kappa shape index (κ2) is 9.67. The van der Waals surface area contributed by atoms with Gasteiger partial charge >= 0.3 is 0 Å². The van der Waals surface area contributed by atoms with Crippen LogP contribution in [-0.2, 0) is 11.3 Å². The zero-order valence-corrected chi connectivity index (χ0v) is 14.6. The van der Waals surface area contributed by atoms with E-state index in [9.17, 15) is 5.11 Å². The average molecular weight is 335 g/mol. The molecule has 0 aliphatic carbocycles. The number of ether oxygens (including phenoxy) is 2. The number of rotatable bonds is 10. The van der Waals surface area contributed by atoms with Gasteiger partial charge in [-0.2, -0.15) is 0 Å². The minimum atomic E-state index is -0.534. The van der Waals surface area contributed by atoms with Gasteiger partial charge in [-0.15, -0.1) is 11.3 Å². The first-order valence-electron chi connectivity index (χ1n) is 7.80. The van der Waals surface area contributed by atoms with Gasteiger partial charge in [0.1, 0.15) is 18.5 Å². The van der Waals surface area contributed by atoms with E-state index in [1.807, 2.05) is 30.3 Å². The third kappa shape index (κ3) is 6.71. The van der Waals surface area contributed by atoms with Gasteiger partial charge in [-0.3, -0.25) is 4.90 Å². The van der Waals surface area contributed by atoms with Crippen molar-refractivity contribution in [2.24, 2.45) is 0 Å². The molecule has 1 aromatic heterocycles. The van der Waals surface area contributed by atoms with Crippen LogP contribution in [0.3, 0.4) is 0 Å². The molecule has 0 bridgehead atoms. The molecule has 1 N–H and O–H groups in total. The number of aliphatic hydroxyl groups excluding tert-OH is 1. The second-order valence-corrected chi connectivity index (χ2v) is 6.89. The van der Waals surface area contributed by atoms with E-state index in [1.54, 1.807) is 18.4 Å². The molecular weight excluding hydrogens is 310 g/mol. The summed E-state index contributed by atoms with van der Waals surface area (Å²) in [6.07, 6.45) is -0.534. The van der Waals surface area contributed by atoms with Gasteiger partial charge in [-0.1, -0.05) is 18.2 Å². The number of aryl methyl sites for hydroxylation is 1. The molecular formula is C18H25NO3S. The lowest BCUT2D eigenvalue weighted by atomic mass is 10.3. The van der Waals surface area contributed by atoms with Crippen molar-refractivity contribution in [1.29, 1.82) is 0 Å². The number of thiophene rings is 1. The van der Waals surface area contributed by atoms with Crippen molar-refractivity contribution in [3.05, 3.63) is 52.2 Å². The largest absolute Gasteiger partial charge is 0.491 e. The lowest BCUT2D eigenvalue weighted by molar-refractivity contribution is 0.0546. The summed E-state index contributed by atoms with van der Waals surface area (Å²) >= 11 is 1.79. The third-order valence-corrected chi connectivity index (χ3v) is 4.43. The molecule has 0 fully saturated rings.